The fourth-order valence-corrected chi connectivity index (χ4v) is 7.22. The van der Waals surface area contributed by atoms with E-state index in [9.17, 15) is 29.4 Å². The number of H-pyrrole nitrogens is 2. The first kappa shape index (κ1) is 79.9. The van der Waals surface area contributed by atoms with Gasteiger partial charge in [0.2, 0.25) is 0 Å². The smallest absolute Gasteiger partial charge is 0.272 e. The molecule has 0 unspecified atom stereocenters. The Morgan fingerprint density at radius 1 is 0.465 bits per heavy atom. The van der Waals surface area contributed by atoms with Crippen molar-refractivity contribution in [3.8, 4) is 63.2 Å². The number of halogens is 1. The van der Waals surface area contributed by atoms with Crippen LogP contribution in [0.3, 0.4) is 0 Å². The number of carbonyl (C=O) groups is 1. The van der Waals surface area contributed by atoms with Gasteiger partial charge in [-0.25, -0.2) is 4.39 Å². The monoisotopic (exact) mass is 1190 g/mol. The van der Waals surface area contributed by atoms with Crippen molar-refractivity contribution in [2.45, 2.75) is 79.7 Å². The Morgan fingerprint density at radius 2 is 0.849 bits per heavy atom. The van der Waals surface area contributed by atoms with Gasteiger partial charge in [0, 0.05) is 63.0 Å². The summed E-state index contributed by atoms with van der Waals surface area (Å²) in [5.74, 6) is 6.16. The summed E-state index contributed by atoms with van der Waals surface area (Å²) in [5.41, 5.74) is 3.54. The molecule has 0 aliphatic heterocycles. The van der Waals surface area contributed by atoms with Crippen molar-refractivity contribution in [3.63, 3.8) is 0 Å². The minimum Gasteiger partial charge on any atom is -0.504 e. The number of nitro groups is 2. The number of nitro benzene ring substituents is 2. The van der Waals surface area contributed by atoms with Gasteiger partial charge in [-0.2, -0.15) is 0 Å². The van der Waals surface area contributed by atoms with Crippen molar-refractivity contribution in [3.05, 3.63) is 231 Å². The number of aldehydes is 1. The molecule has 464 valence electrons. The molecule has 0 radical (unpaired) electrons. The van der Waals surface area contributed by atoms with Crippen molar-refractivity contribution in [1.29, 1.82) is 0 Å². The van der Waals surface area contributed by atoms with Crippen molar-refractivity contribution in [2.24, 2.45) is 0 Å². The molecular weight excluding hydrogens is 1100 g/mol. The number of methoxy groups -OCH3 is 4. The van der Waals surface area contributed by atoms with E-state index < -0.39 is 15.7 Å². The molecule has 2 aromatic heterocycles. The molecule has 18 heteroatoms. The van der Waals surface area contributed by atoms with Crippen LogP contribution in [-0.2, 0) is 0 Å². The van der Waals surface area contributed by atoms with Gasteiger partial charge in [0.1, 0.15) is 23.1 Å². The van der Waals surface area contributed by atoms with E-state index >= 15 is 0 Å². The van der Waals surface area contributed by atoms with Crippen molar-refractivity contribution >= 4 is 39.5 Å². The third kappa shape index (κ3) is 22.8. The molecule has 86 heavy (non-hydrogen) atoms. The summed E-state index contributed by atoms with van der Waals surface area (Å²) in [6, 6.07) is 50.6. The number of ether oxygens (including phenoxy) is 7. The topological polar surface area (TPSA) is 220 Å². The maximum atomic E-state index is 12.4. The third-order valence-electron chi connectivity index (χ3n) is 11.0. The maximum absolute atomic E-state index is 12.4. The minimum absolute atomic E-state index is 0. The predicted molar refractivity (Wildman–Crippen MR) is 350 cm³/mol. The first-order chi connectivity index (χ1) is 38.2. The number of aromatic hydroxyl groups is 1. The number of hydrogen-bond donors (Lipinski definition) is 3. The zero-order chi connectivity index (χ0) is 57.3. The Morgan fingerprint density at radius 3 is 1.26 bits per heavy atom. The molecule has 0 fully saturated rings. The van der Waals surface area contributed by atoms with Crippen LogP contribution < -0.4 is 33.2 Å². The number of nitrogens with one attached hydrogen (secondary N) is 2. The van der Waals surface area contributed by atoms with Crippen LogP contribution in [0.25, 0.3) is 21.8 Å². The molecule has 2 heterocycles. The number of aryl methyl sites for hydroxylation is 2. The average Bonchev–Trinajstić information content (AvgIpc) is 3.77. The summed E-state index contributed by atoms with van der Waals surface area (Å²) in [5, 5.41) is 31.9. The van der Waals surface area contributed by atoms with Crippen LogP contribution in [0.4, 0.5) is 15.8 Å². The molecule has 0 saturated carbocycles. The molecule has 0 bridgehead atoms. The summed E-state index contributed by atoms with van der Waals surface area (Å²) >= 11 is 0. The quantitative estimate of drug-likeness (QED) is 0.0556. The van der Waals surface area contributed by atoms with Gasteiger partial charge in [-0.3, -0.25) is 25.0 Å². The van der Waals surface area contributed by atoms with Gasteiger partial charge >= 0.3 is 0 Å². The number of nitrogens with zero attached hydrogens (tertiary/aromatic N) is 2. The molecule has 0 aliphatic carbocycles. The van der Waals surface area contributed by atoms with Crippen LogP contribution in [0, 0.1) is 39.9 Å². The van der Waals surface area contributed by atoms with Crippen LogP contribution >= 0.6 is 0 Å². The zero-order valence-electron chi connectivity index (χ0n) is 44.6. The molecule has 0 amide bonds. The van der Waals surface area contributed by atoms with Crippen molar-refractivity contribution in [1.82, 2.24) is 9.97 Å². The highest BCUT2D eigenvalue weighted by molar-refractivity contribution is 5.97. The Kier molecular flexibility index (Phi) is 37.9. The van der Waals surface area contributed by atoms with E-state index in [4.69, 9.17) is 38.3 Å². The standard InChI is InChI=1S/C16H13NO3.C15H13NO2.C14H13NO4.C7H6FNO2.C7H8O2.C2H6.7CH4/c1-19-15-4-2-3-5-16(15)20-12-6-7-14-13(8-12)11(10-18)9-17-14;1-17-14-4-2-3-5-15(14)18-12-6-7-13-11(10-12)8-9-16-13;1-10-9-11(7-8-12(10)15(16)17)19-14-6-4-3-5-13(14)18-2;1-5-4-6(8)2-3-7(5)9(10)11;1-9-7-5-3-2-4-6(7)8;1-2;;;;;;;/h2-10,17H,1H3;2-10,16H,1H3;3-9H,1-2H3;2-4H,1H3;2-5,8H,1H3;1-2H3;7*1H4. The lowest BCUT2D eigenvalue weighted by Gasteiger charge is -2.10. The maximum Gasteiger partial charge on any atom is 0.272 e. The zero-order valence-corrected chi connectivity index (χ0v) is 44.6. The number of rotatable bonds is 13. The SMILES string of the molecule is C.C.C.C.C.C.C.CC.COc1ccccc1O.COc1ccccc1Oc1ccc([N+](=O)[O-])c(C)c1.COc1ccccc1Oc1ccc2[nH]cc(C=O)c2c1.COc1ccccc1Oc1ccc2[nH]ccc2c1.Cc1cc(F)ccc1[N+](=O)[O-]. The molecule has 10 rings (SSSR count). The molecular formula is C68H87FN4O13. The number of aromatic amines is 2. The highest BCUT2D eigenvalue weighted by atomic mass is 19.1. The largest absolute Gasteiger partial charge is 0.504 e. The van der Waals surface area contributed by atoms with Crippen molar-refractivity contribution in [2.75, 3.05) is 28.4 Å². The van der Waals surface area contributed by atoms with Crippen LogP contribution in [-0.4, -0.2) is 59.6 Å². The second-order valence-corrected chi connectivity index (χ2v) is 16.1. The summed E-state index contributed by atoms with van der Waals surface area (Å²) in [7, 11) is 6.32. The lowest BCUT2D eigenvalue weighted by molar-refractivity contribution is -0.385. The number of para-hydroxylation sites is 8. The van der Waals surface area contributed by atoms with Crippen molar-refractivity contribution < 1.29 is 57.3 Å². The number of carbonyl (C=O) groups excluding carboxylic acids is 1. The number of phenols is 1. The lowest BCUT2D eigenvalue weighted by Crippen LogP contribution is -1.93. The van der Waals surface area contributed by atoms with Gasteiger partial charge in [0.15, 0.2) is 52.3 Å². The Hall–Kier alpha value is -10.4. The first-order valence-electron chi connectivity index (χ1n) is 24.3. The van der Waals surface area contributed by atoms with Gasteiger partial charge in [-0.05, 0) is 129 Å². The minimum atomic E-state index is -0.533. The summed E-state index contributed by atoms with van der Waals surface area (Å²) < 4.78 is 50.2. The number of hydrogen-bond acceptors (Lipinski definition) is 13. The van der Waals surface area contributed by atoms with Gasteiger partial charge in [-0.1, -0.05) is 114 Å². The van der Waals surface area contributed by atoms with E-state index in [1.54, 1.807) is 83.0 Å². The molecule has 17 nitrogen and oxygen atoms in total. The normalized spacial score (nSPS) is 9.08. The molecule has 0 atom stereocenters. The number of fused-ring (bicyclic) bond motifs is 2. The molecule has 10 aromatic rings. The van der Waals surface area contributed by atoms with Crippen LogP contribution in [0.2, 0.25) is 0 Å². The second kappa shape index (κ2) is 40.8. The van der Waals surface area contributed by atoms with E-state index in [0.717, 1.165) is 63.5 Å². The molecule has 8 aromatic carbocycles. The van der Waals surface area contributed by atoms with E-state index in [-0.39, 0.29) is 69.1 Å². The summed E-state index contributed by atoms with van der Waals surface area (Å²) in [6.07, 6.45) is 4.42. The lowest BCUT2D eigenvalue weighted by atomic mass is 10.2. The Balaban J connectivity index is -0.000000997. The molecule has 0 aliphatic rings. The van der Waals surface area contributed by atoms with Crippen LogP contribution in [0.1, 0.15) is 87.3 Å². The summed E-state index contributed by atoms with van der Waals surface area (Å²) in [4.78, 5) is 37.2. The number of benzene rings is 8. The summed E-state index contributed by atoms with van der Waals surface area (Å²) in [6.45, 7) is 7.18. The van der Waals surface area contributed by atoms with E-state index in [1.807, 2.05) is 123 Å². The van der Waals surface area contributed by atoms with Gasteiger partial charge < -0.3 is 48.2 Å². The molecule has 3 N–H and O–H groups in total. The van der Waals surface area contributed by atoms with Gasteiger partial charge in [0.25, 0.3) is 11.4 Å². The van der Waals surface area contributed by atoms with E-state index in [2.05, 4.69) is 9.97 Å². The Labute approximate surface area is 507 Å². The highest BCUT2D eigenvalue weighted by Crippen LogP contribution is 2.35. The average molecular weight is 1190 g/mol. The Bertz CT molecular complexity index is 3580. The molecule has 0 spiro atoms. The van der Waals surface area contributed by atoms with Gasteiger partial charge in [-0.15, -0.1) is 0 Å². The molecule has 0 saturated heterocycles. The third-order valence-corrected chi connectivity index (χ3v) is 11.0. The number of phenolic OH excluding ortho intramolecular Hbond substituents is 1. The fraction of sp³-hybridized carbons (Fsp3) is 0.221. The van der Waals surface area contributed by atoms with Crippen LogP contribution in [0.5, 0.6) is 63.2 Å². The second-order valence-electron chi connectivity index (χ2n) is 16.1. The number of aromatic nitrogens is 2. The first-order valence-corrected chi connectivity index (χ1v) is 24.3. The predicted octanol–water partition coefficient (Wildman–Crippen LogP) is 20.4. The fourth-order valence-electron chi connectivity index (χ4n) is 7.22. The van der Waals surface area contributed by atoms with E-state index in [1.165, 1.54) is 20.1 Å². The van der Waals surface area contributed by atoms with Crippen LogP contribution in [0.15, 0.2) is 188 Å². The van der Waals surface area contributed by atoms with E-state index in [0.29, 0.717) is 56.9 Å². The highest BCUT2D eigenvalue weighted by Gasteiger charge is 2.13. The van der Waals surface area contributed by atoms with Gasteiger partial charge in [0.05, 0.1) is 38.3 Å².